The Morgan fingerprint density at radius 1 is 0.350 bits per heavy atom. The first-order valence-corrected chi connectivity index (χ1v) is 4.11. The Bertz CT molecular complexity index is 406. The molecular weight excluding hydrogens is 288 g/mol. The van der Waals surface area contributed by atoms with Crippen LogP contribution in [0.15, 0.2) is 23.0 Å². The summed E-state index contributed by atoms with van der Waals surface area (Å²) < 4.78 is 0. The Hall–Kier alpha value is -3.44. The molecule has 0 heterocycles. The minimum atomic E-state index is -1.89. The molecule has 0 amide bonds. The van der Waals surface area contributed by atoms with Crippen LogP contribution in [0.5, 0.6) is 0 Å². The van der Waals surface area contributed by atoms with Crippen LogP contribution in [0.2, 0.25) is 0 Å². The van der Waals surface area contributed by atoms with Gasteiger partial charge in [0.15, 0.2) is 0 Å². The molecule has 0 spiro atoms. The molecule has 0 radical (unpaired) electrons. The van der Waals surface area contributed by atoms with Gasteiger partial charge in [0.25, 0.3) is 23.0 Å². The van der Waals surface area contributed by atoms with E-state index in [1.165, 1.54) is 0 Å². The van der Waals surface area contributed by atoms with Crippen LogP contribution >= 0.6 is 0 Å². The van der Waals surface area contributed by atoms with Gasteiger partial charge in [-0.2, -0.15) is 0 Å². The highest BCUT2D eigenvalue weighted by Crippen LogP contribution is 1.97. The van der Waals surface area contributed by atoms with E-state index in [0.29, 0.717) is 0 Å². The van der Waals surface area contributed by atoms with E-state index in [1.54, 1.807) is 0 Å². The van der Waals surface area contributed by atoms with Gasteiger partial charge in [0.05, 0.1) is 0 Å². The average molecular weight is 296 g/mol. The predicted molar refractivity (Wildman–Crippen MR) is 55.1 cm³/mol. The molecule has 0 aliphatic carbocycles. The average Bonchev–Trinajstić information content (AvgIpc) is 2.35. The van der Waals surface area contributed by atoms with E-state index in [1.807, 2.05) is 0 Å². The van der Waals surface area contributed by atoms with E-state index < -0.39 is 46.9 Å². The van der Waals surface area contributed by atoms with E-state index in [2.05, 4.69) is 0 Å². The van der Waals surface area contributed by atoms with Crippen molar-refractivity contribution >= 4 is 23.9 Å². The van der Waals surface area contributed by atoms with Crippen molar-refractivity contribution in [3.8, 4) is 0 Å². The molecule has 0 unspecified atom stereocenters. The van der Waals surface area contributed by atoms with Crippen LogP contribution in [-0.4, -0.2) is 64.7 Å². The van der Waals surface area contributed by atoms with Crippen molar-refractivity contribution in [3.63, 3.8) is 0 Å². The van der Waals surface area contributed by atoms with Crippen molar-refractivity contribution in [1.82, 2.24) is 0 Å². The van der Waals surface area contributed by atoms with Gasteiger partial charge in [-0.15, -0.1) is 0 Å². The number of aliphatic hydroxyl groups is 4. The Morgan fingerprint density at radius 3 is 0.500 bits per heavy atom. The summed E-state index contributed by atoms with van der Waals surface area (Å²) in [5.74, 6) is -13.9. The van der Waals surface area contributed by atoms with Crippen molar-refractivity contribution in [1.29, 1.82) is 0 Å². The van der Waals surface area contributed by atoms with Gasteiger partial charge in [-0.1, -0.05) is 0 Å². The second-order valence-corrected chi connectivity index (χ2v) is 2.62. The Labute approximate surface area is 108 Å². The quantitative estimate of drug-likeness (QED) is 0.229. The highest BCUT2D eigenvalue weighted by atomic mass is 16.4. The molecule has 0 saturated heterocycles. The van der Waals surface area contributed by atoms with Crippen LogP contribution in [0.1, 0.15) is 0 Å². The molecule has 0 rings (SSSR count). The van der Waals surface area contributed by atoms with Crippen LogP contribution in [0, 0.1) is 0 Å². The van der Waals surface area contributed by atoms with Gasteiger partial charge in [-0.3, -0.25) is 0 Å². The van der Waals surface area contributed by atoms with Crippen molar-refractivity contribution < 1.29 is 60.0 Å². The highest BCUT2D eigenvalue weighted by molar-refractivity contribution is 5.95. The van der Waals surface area contributed by atoms with Gasteiger partial charge in [-0.05, 0) is 0 Å². The molecule has 20 heavy (non-hydrogen) atoms. The van der Waals surface area contributed by atoms with Gasteiger partial charge < -0.3 is 40.9 Å². The summed E-state index contributed by atoms with van der Waals surface area (Å²) in [6.45, 7) is 0. The number of hydrogen-bond acceptors (Lipinski definition) is 8. The largest absolute Gasteiger partial charge is 0.499 e. The highest BCUT2D eigenvalue weighted by Gasteiger charge is 2.18. The summed E-state index contributed by atoms with van der Waals surface area (Å²) in [6, 6.07) is 0. The molecule has 0 aliphatic rings. The number of carboxylic acids is 4. The monoisotopic (exact) mass is 296 g/mol. The molecule has 112 valence electrons. The lowest BCUT2D eigenvalue weighted by Gasteiger charge is -1.92. The topological polar surface area (TPSA) is 230 Å². The lowest BCUT2D eigenvalue weighted by atomic mass is 10.4. The molecular formula is C8H8O12. The molecule has 0 aromatic carbocycles. The third kappa shape index (κ3) is 6.33. The lowest BCUT2D eigenvalue weighted by Crippen LogP contribution is -2.10. The molecule has 0 fully saturated rings. The molecule has 0 atom stereocenters. The van der Waals surface area contributed by atoms with Gasteiger partial charge in [0, 0.05) is 0 Å². The smallest absolute Gasteiger partial charge is 0.375 e. The molecule has 0 saturated carbocycles. The Morgan fingerprint density at radius 2 is 0.450 bits per heavy atom. The molecule has 0 aromatic rings. The van der Waals surface area contributed by atoms with Gasteiger partial charge in [0.2, 0.25) is 0 Å². The van der Waals surface area contributed by atoms with Crippen molar-refractivity contribution in [2.45, 2.75) is 0 Å². The molecule has 0 bridgehead atoms. The van der Waals surface area contributed by atoms with Crippen molar-refractivity contribution in [3.05, 3.63) is 23.0 Å². The first-order valence-electron chi connectivity index (χ1n) is 4.11. The van der Waals surface area contributed by atoms with E-state index in [0.717, 1.165) is 0 Å². The fraction of sp³-hybridized carbons (Fsp3) is 0. The summed E-state index contributed by atoms with van der Waals surface area (Å²) in [5, 5.41) is 64.3. The number of aliphatic hydroxyl groups excluding tert-OH is 4. The van der Waals surface area contributed by atoms with Crippen LogP contribution < -0.4 is 0 Å². The zero-order chi connectivity index (χ0) is 16.6. The molecule has 0 aliphatic heterocycles. The number of carbonyl (C=O) groups is 4. The van der Waals surface area contributed by atoms with Gasteiger partial charge >= 0.3 is 23.9 Å². The van der Waals surface area contributed by atoms with E-state index >= 15 is 0 Å². The maximum Gasteiger partial charge on any atom is 0.375 e. The summed E-state index contributed by atoms with van der Waals surface area (Å²) in [4.78, 5) is 38.9. The number of hydrogen-bond donors (Lipinski definition) is 8. The summed E-state index contributed by atoms with van der Waals surface area (Å²) in [7, 11) is 0. The molecule has 0 aromatic heterocycles. The van der Waals surface area contributed by atoms with Crippen LogP contribution in [-0.2, 0) is 19.2 Å². The fourth-order valence-electron chi connectivity index (χ4n) is 0.405. The fourth-order valence-corrected chi connectivity index (χ4v) is 0.405. The summed E-state index contributed by atoms with van der Waals surface area (Å²) >= 11 is 0. The summed E-state index contributed by atoms with van der Waals surface area (Å²) in [5.41, 5.74) is 0. The third-order valence-electron chi connectivity index (χ3n) is 1.26. The van der Waals surface area contributed by atoms with E-state index in [9.17, 15) is 19.2 Å². The Kier molecular flexibility index (Phi) is 7.38. The zero-order valence-corrected chi connectivity index (χ0v) is 9.21. The number of aliphatic carboxylic acids is 4. The van der Waals surface area contributed by atoms with E-state index in [4.69, 9.17) is 40.9 Å². The van der Waals surface area contributed by atoms with Crippen LogP contribution in [0.25, 0.3) is 0 Å². The standard InChI is InChI=1S/2C4H4O6/c2*5-1(3(7)8)2(6)4(9)10/h2*5-6H,(H,7,8)(H,9,10)/b2*2-1+. The minimum absolute atomic E-state index is 1.58. The zero-order valence-electron chi connectivity index (χ0n) is 9.21. The van der Waals surface area contributed by atoms with Crippen molar-refractivity contribution in [2.75, 3.05) is 0 Å². The second-order valence-electron chi connectivity index (χ2n) is 2.62. The molecule has 12 heteroatoms. The third-order valence-corrected chi connectivity index (χ3v) is 1.26. The van der Waals surface area contributed by atoms with Gasteiger partial charge in [-0.25, -0.2) is 19.2 Å². The van der Waals surface area contributed by atoms with Gasteiger partial charge in [0.1, 0.15) is 0 Å². The molecule has 8 N–H and O–H groups in total. The van der Waals surface area contributed by atoms with Crippen LogP contribution in [0.4, 0.5) is 0 Å². The van der Waals surface area contributed by atoms with Crippen molar-refractivity contribution in [2.24, 2.45) is 0 Å². The number of rotatable bonds is 4. The number of carboxylic acid groups (broad SMARTS) is 4. The normalized spacial score (nSPS) is 12.0. The lowest BCUT2D eigenvalue weighted by molar-refractivity contribution is -0.140. The first kappa shape index (κ1) is 18.9. The Balaban J connectivity index is 0. The first-order chi connectivity index (χ1) is 8.93. The second kappa shape index (κ2) is 7.80. The SMILES string of the molecule is O=C(O)/C(O)=C(\O)C(=O)O.O=C(O)/C(O)=C(\O)C(=O)O. The van der Waals surface area contributed by atoms with E-state index in [-0.39, 0.29) is 0 Å². The predicted octanol–water partition coefficient (Wildman–Crippen LogP) is -1.03. The molecule has 12 nitrogen and oxygen atoms in total. The van der Waals surface area contributed by atoms with Crippen LogP contribution in [0.3, 0.4) is 0 Å². The summed E-state index contributed by atoms with van der Waals surface area (Å²) in [6.07, 6.45) is 0. The maximum atomic E-state index is 9.71. The maximum absolute atomic E-state index is 9.71. The minimum Gasteiger partial charge on any atom is -0.499 e.